The number of esters is 1. The molecule has 1 aromatic carbocycles. The molecule has 0 radical (unpaired) electrons. The zero-order valence-corrected chi connectivity index (χ0v) is 29.3. The van der Waals surface area contributed by atoms with Crippen molar-refractivity contribution in [2.24, 2.45) is 0 Å². The lowest BCUT2D eigenvalue weighted by molar-refractivity contribution is -0.146. The molecule has 2 heterocycles. The molecular formula is C37H58N2O3S2. The Labute approximate surface area is 277 Å². The SMILES string of the molecule is CCCCCCCCCCCCCCCCCCN1CCCc2cc(C=C3SC(=S)N(CC(=O)OCCCC)C3=O)ccc21. The third-order valence-electron chi connectivity index (χ3n) is 8.82. The van der Waals surface area contributed by atoms with Gasteiger partial charge in [-0.15, -0.1) is 0 Å². The van der Waals surface area contributed by atoms with Gasteiger partial charge in [0.2, 0.25) is 0 Å². The summed E-state index contributed by atoms with van der Waals surface area (Å²) in [6, 6.07) is 6.55. The number of benzene rings is 1. The number of thiocarbonyl (C=S) groups is 1. The fourth-order valence-electron chi connectivity index (χ4n) is 6.16. The molecule has 0 atom stereocenters. The van der Waals surface area contributed by atoms with E-state index in [1.165, 1.54) is 131 Å². The summed E-state index contributed by atoms with van der Waals surface area (Å²) >= 11 is 6.67. The molecule has 0 aromatic heterocycles. The molecule has 5 nitrogen and oxygen atoms in total. The summed E-state index contributed by atoms with van der Waals surface area (Å²) in [7, 11) is 0. The number of thioether (sulfide) groups is 1. The molecule has 0 bridgehead atoms. The first kappa shape index (κ1) is 36.6. The molecule has 0 saturated carbocycles. The highest BCUT2D eigenvalue weighted by molar-refractivity contribution is 8.26. The first-order chi connectivity index (χ1) is 21.5. The lowest BCUT2D eigenvalue weighted by Gasteiger charge is -2.31. The molecule has 0 unspecified atom stereocenters. The molecule has 246 valence electrons. The maximum Gasteiger partial charge on any atom is 0.326 e. The first-order valence-electron chi connectivity index (χ1n) is 17.8. The summed E-state index contributed by atoms with van der Waals surface area (Å²) < 4.78 is 5.64. The normalized spacial score (nSPS) is 15.8. The number of ether oxygens (including phenoxy) is 1. The summed E-state index contributed by atoms with van der Waals surface area (Å²) in [5.74, 6) is -0.621. The van der Waals surface area contributed by atoms with E-state index in [1.807, 2.05) is 13.0 Å². The molecule has 2 aliphatic rings. The van der Waals surface area contributed by atoms with Gasteiger partial charge in [-0.2, -0.15) is 0 Å². The lowest BCUT2D eigenvalue weighted by atomic mass is 9.98. The Morgan fingerprint density at radius 3 is 2.07 bits per heavy atom. The van der Waals surface area contributed by atoms with Crippen LogP contribution in [0.3, 0.4) is 0 Å². The van der Waals surface area contributed by atoms with E-state index in [1.54, 1.807) is 0 Å². The fourth-order valence-corrected chi connectivity index (χ4v) is 7.42. The van der Waals surface area contributed by atoms with Crippen molar-refractivity contribution in [2.75, 3.05) is 31.1 Å². The fraction of sp³-hybridized carbons (Fsp3) is 0.703. The van der Waals surface area contributed by atoms with Crippen molar-refractivity contribution in [1.82, 2.24) is 4.90 Å². The van der Waals surface area contributed by atoms with Crippen LogP contribution in [0.25, 0.3) is 6.08 Å². The summed E-state index contributed by atoms with van der Waals surface area (Å²) in [4.78, 5) is 29.6. The maximum atomic E-state index is 13.0. The highest BCUT2D eigenvalue weighted by atomic mass is 32.2. The molecule has 1 saturated heterocycles. The number of carbonyl (C=O) groups is 2. The van der Waals surface area contributed by atoms with Crippen molar-refractivity contribution in [3.8, 4) is 0 Å². The number of carbonyl (C=O) groups excluding carboxylic acids is 2. The molecule has 7 heteroatoms. The highest BCUT2D eigenvalue weighted by Crippen LogP contribution is 2.34. The molecule has 44 heavy (non-hydrogen) atoms. The van der Waals surface area contributed by atoms with Gasteiger partial charge in [0, 0.05) is 18.8 Å². The average molecular weight is 643 g/mol. The Balaban J connectivity index is 1.32. The average Bonchev–Trinajstić information content (AvgIpc) is 3.28. The van der Waals surface area contributed by atoms with Gasteiger partial charge in [0.1, 0.15) is 10.9 Å². The van der Waals surface area contributed by atoms with Crippen LogP contribution in [0.5, 0.6) is 0 Å². The summed E-state index contributed by atoms with van der Waals surface area (Å²) in [5, 5.41) is 0. The van der Waals surface area contributed by atoms with Gasteiger partial charge in [0.25, 0.3) is 5.91 Å². The van der Waals surface area contributed by atoms with E-state index in [0.29, 0.717) is 15.8 Å². The van der Waals surface area contributed by atoms with Crippen LogP contribution < -0.4 is 4.90 Å². The minimum atomic E-state index is -0.408. The number of anilines is 1. The first-order valence-corrected chi connectivity index (χ1v) is 19.0. The zero-order chi connectivity index (χ0) is 31.4. The number of hydrogen-bond donors (Lipinski definition) is 0. The number of nitrogens with zero attached hydrogens (tertiary/aromatic N) is 2. The molecular weight excluding hydrogens is 585 g/mol. The third kappa shape index (κ3) is 13.2. The molecule has 2 aliphatic heterocycles. The highest BCUT2D eigenvalue weighted by Gasteiger charge is 2.34. The van der Waals surface area contributed by atoms with E-state index in [4.69, 9.17) is 17.0 Å². The van der Waals surface area contributed by atoms with Crippen LogP contribution >= 0.6 is 24.0 Å². The van der Waals surface area contributed by atoms with Gasteiger partial charge < -0.3 is 9.64 Å². The van der Waals surface area contributed by atoms with Gasteiger partial charge in [-0.3, -0.25) is 14.5 Å². The second-order valence-corrected chi connectivity index (χ2v) is 14.3. The van der Waals surface area contributed by atoms with Gasteiger partial charge in [-0.1, -0.05) is 147 Å². The quantitative estimate of drug-likeness (QED) is 0.0512. The van der Waals surface area contributed by atoms with Gasteiger partial charge in [0.05, 0.1) is 11.5 Å². The van der Waals surface area contributed by atoms with Crippen LogP contribution in [0, 0.1) is 0 Å². The van der Waals surface area contributed by atoms with Crippen molar-refractivity contribution < 1.29 is 14.3 Å². The predicted molar refractivity (Wildman–Crippen MR) is 192 cm³/mol. The van der Waals surface area contributed by atoms with Crippen molar-refractivity contribution in [3.63, 3.8) is 0 Å². The van der Waals surface area contributed by atoms with E-state index >= 15 is 0 Å². The number of unbranched alkanes of at least 4 members (excludes halogenated alkanes) is 16. The van der Waals surface area contributed by atoms with E-state index in [2.05, 4.69) is 30.0 Å². The molecule has 0 aliphatic carbocycles. The van der Waals surface area contributed by atoms with Gasteiger partial charge in [-0.05, 0) is 55.0 Å². The Morgan fingerprint density at radius 1 is 0.864 bits per heavy atom. The zero-order valence-electron chi connectivity index (χ0n) is 27.7. The van der Waals surface area contributed by atoms with Crippen LogP contribution in [-0.4, -0.2) is 47.3 Å². The van der Waals surface area contributed by atoms with Crippen molar-refractivity contribution in [1.29, 1.82) is 0 Å². The maximum absolute atomic E-state index is 13.0. The smallest absolute Gasteiger partial charge is 0.326 e. The number of rotatable bonds is 23. The predicted octanol–water partition coefficient (Wildman–Crippen LogP) is 10.2. The molecule has 1 aromatic rings. The van der Waals surface area contributed by atoms with Crippen LogP contribution in [0.4, 0.5) is 5.69 Å². The second kappa shape index (κ2) is 21.8. The molecule has 3 rings (SSSR count). The van der Waals surface area contributed by atoms with Gasteiger partial charge in [0.15, 0.2) is 0 Å². The largest absolute Gasteiger partial charge is 0.464 e. The van der Waals surface area contributed by atoms with Crippen molar-refractivity contribution >= 4 is 51.9 Å². The summed E-state index contributed by atoms with van der Waals surface area (Å²) in [5.41, 5.74) is 3.72. The Hall–Kier alpha value is -1.86. The Bertz CT molecular complexity index is 1060. The van der Waals surface area contributed by atoms with Gasteiger partial charge >= 0.3 is 5.97 Å². The van der Waals surface area contributed by atoms with E-state index in [9.17, 15) is 9.59 Å². The summed E-state index contributed by atoms with van der Waals surface area (Å²) in [6.45, 7) is 6.84. The molecule has 0 spiro atoms. The number of amides is 1. The second-order valence-electron chi connectivity index (χ2n) is 12.6. The minimum Gasteiger partial charge on any atom is -0.464 e. The standard InChI is InChI=1S/C37H58N2O3S2/c1-3-5-7-8-9-10-11-12-13-14-15-16-17-18-19-20-25-38-26-21-22-32-28-31(23-24-33(32)38)29-34-36(41)39(37(43)44-34)30-35(40)42-27-6-4-2/h23-24,28-29H,3-22,25-27,30H2,1-2H3. The van der Waals surface area contributed by atoms with E-state index in [-0.39, 0.29) is 12.5 Å². The monoisotopic (exact) mass is 642 g/mol. The number of fused-ring (bicyclic) bond motifs is 1. The number of aryl methyl sites for hydroxylation is 1. The topological polar surface area (TPSA) is 49.9 Å². The molecule has 1 fully saturated rings. The van der Waals surface area contributed by atoms with Crippen LogP contribution in [0.15, 0.2) is 23.1 Å². The van der Waals surface area contributed by atoms with Gasteiger partial charge in [-0.25, -0.2) is 0 Å². The molecule has 1 amide bonds. The Morgan fingerprint density at radius 2 is 1.45 bits per heavy atom. The van der Waals surface area contributed by atoms with Crippen LogP contribution in [-0.2, 0) is 20.7 Å². The molecule has 0 N–H and O–H groups in total. The summed E-state index contributed by atoms with van der Waals surface area (Å²) in [6.07, 6.45) is 28.3. The van der Waals surface area contributed by atoms with Crippen molar-refractivity contribution in [2.45, 2.75) is 142 Å². The van der Waals surface area contributed by atoms with Crippen LogP contribution in [0.1, 0.15) is 147 Å². The number of hydrogen-bond acceptors (Lipinski definition) is 6. The Kier molecular flexibility index (Phi) is 18.1. The third-order valence-corrected chi connectivity index (χ3v) is 10.2. The van der Waals surface area contributed by atoms with Crippen molar-refractivity contribution in [3.05, 3.63) is 34.2 Å². The van der Waals surface area contributed by atoms with E-state index in [0.717, 1.165) is 44.3 Å². The van der Waals surface area contributed by atoms with Crippen LogP contribution in [0.2, 0.25) is 0 Å². The lowest BCUT2D eigenvalue weighted by Crippen LogP contribution is -2.34. The minimum absolute atomic E-state index is 0.121. The van der Waals surface area contributed by atoms with E-state index < -0.39 is 5.97 Å².